The number of hydrogen-bond acceptors (Lipinski definition) is 9. The molecule has 190 valence electrons. The first-order valence-corrected chi connectivity index (χ1v) is 12.0. The molecule has 0 radical (unpaired) electrons. The molecule has 0 aliphatic rings. The average molecular weight is 513 g/mol. The maximum atomic E-state index is 13.1. The van der Waals surface area contributed by atoms with Gasteiger partial charge < -0.3 is 30.6 Å². The molecule has 0 saturated heterocycles. The number of esters is 1. The van der Waals surface area contributed by atoms with Crippen LogP contribution in [0.4, 0.5) is 5.13 Å². The highest BCUT2D eigenvalue weighted by atomic mass is 32.1. The quantitative estimate of drug-likeness (QED) is 0.248. The zero-order valence-electron chi connectivity index (χ0n) is 19.9. The first-order valence-electron chi connectivity index (χ1n) is 11.1. The number of rotatable bonds is 12. The van der Waals surface area contributed by atoms with Gasteiger partial charge in [-0.05, 0) is 23.3 Å². The monoisotopic (exact) mass is 512 g/mol. The number of nitrogens with zero attached hydrogens (tertiary/aromatic N) is 1. The number of aromatic nitrogens is 1. The molecule has 2 amide bonds. The summed E-state index contributed by atoms with van der Waals surface area (Å²) in [6.07, 6.45) is 0.229. The summed E-state index contributed by atoms with van der Waals surface area (Å²) in [5.74, 6) is -0.998. The Morgan fingerprint density at radius 1 is 1.00 bits per heavy atom. The van der Waals surface area contributed by atoms with Crippen LogP contribution in [0.5, 0.6) is 5.75 Å². The molecule has 1 heterocycles. The van der Waals surface area contributed by atoms with E-state index in [0.29, 0.717) is 24.5 Å². The van der Waals surface area contributed by atoms with Crippen molar-refractivity contribution in [3.8, 4) is 5.75 Å². The standard InChI is InChI=1S/C25H28N4O6S/c1-33-12-13-35-18-10-8-17(9-11-18)21(26)23(31)27-19(14-16-6-4-3-5-7-16)22(30)29-25-28-20(15-36-25)24(32)34-2/h3-11,15,19,21H,12-14,26H2,1-2H3,(H,27,31)(H,28,29,30). The van der Waals surface area contributed by atoms with E-state index >= 15 is 0 Å². The summed E-state index contributed by atoms with van der Waals surface area (Å²) in [5, 5.41) is 7.08. The predicted octanol–water partition coefficient (Wildman–Crippen LogP) is 2.32. The molecule has 4 N–H and O–H groups in total. The lowest BCUT2D eigenvalue weighted by Crippen LogP contribution is -2.48. The normalized spacial score (nSPS) is 12.3. The van der Waals surface area contributed by atoms with E-state index in [-0.39, 0.29) is 17.2 Å². The minimum absolute atomic E-state index is 0.0816. The van der Waals surface area contributed by atoms with E-state index < -0.39 is 29.9 Å². The Hall–Kier alpha value is -3.80. The number of benzene rings is 2. The number of amides is 2. The second kappa shape index (κ2) is 13.3. The average Bonchev–Trinajstić information content (AvgIpc) is 3.37. The molecule has 0 saturated carbocycles. The third-order valence-electron chi connectivity index (χ3n) is 5.12. The van der Waals surface area contributed by atoms with Crippen molar-refractivity contribution < 1.29 is 28.6 Å². The third kappa shape index (κ3) is 7.60. The summed E-state index contributed by atoms with van der Waals surface area (Å²) in [5.41, 5.74) is 7.68. The molecule has 0 fully saturated rings. The van der Waals surface area contributed by atoms with Gasteiger partial charge in [0.15, 0.2) is 10.8 Å². The highest BCUT2D eigenvalue weighted by Gasteiger charge is 2.26. The molecule has 0 spiro atoms. The molecule has 3 aromatic rings. The van der Waals surface area contributed by atoms with Crippen LogP contribution in [0, 0.1) is 0 Å². The fourth-order valence-electron chi connectivity index (χ4n) is 3.21. The molecule has 0 aliphatic heterocycles. The Balaban J connectivity index is 1.70. The minimum Gasteiger partial charge on any atom is -0.491 e. The molecule has 1 aromatic heterocycles. The third-order valence-corrected chi connectivity index (χ3v) is 5.88. The maximum Gasteiger partial charge on any atom is 0.357 e. The fourth-order valence-corrected chi connectivity index (χ4v) is 3.89. The summed E-state index contributed by atoms with van der Waals surface area (Å²) < 4.78 is 15.1. The van der Waals surface area contributed by atoms with Gasteiger partial charge in [-0.1, -0.05) is 42.5 Å². The van der Waals surface area contributed by atoms with Crippen LogP contribution in [0.1, 0.15) is 27.7 Å². The largest absolute Gasteiger partial charge is 0.491 e. The lowest BCUT2D eigenvalue weighted by Gasteiger charge is -2.21. The molecule has 0 bridgehead atoms. The first-order chi connectivity index (χ1) is 17.4. The van der Waals surface area contributed by atoms with Crippen LogP contribution in [0.25, 0.3) is 0 Å². The Morgan fingerprint density at radius 2 is 1.72 bits per heavy atom. The lowest BCUT2D eigenvalue weighted by molar-refractivity contribution is -0.127. The van der Waals surface area contributed by atoms with Gasteiger partial charge in [0.25, 0.3) is 0 Å². The van der Waals surface area contributed by atoms with Crippen LogP contribution in [-0.2, 0) is 25.5 Å². The van der Waals surface area contributed by atoms with Crippen LogP contribution >= 0.6 is 11.3 Å². The number of carbonyl (C=O) groups is 3. The van der Waals surface area contributed by atoms with Crippen molar-refractivity contribution in [2.45, 2.75) is 18.5 Å². The van der Waals surface area contributed by atoms with Crippen molar-refractivity contribution in [2.75, 3.05) is 32.8 Å². The van der Waals surface area contributed by atoms with Crippen molar-refractivity contribution in [3.63, 3.8) is 0 Å². The topological polar surface area (TPSA) is 142 Å². The highest BCUT2D eigenvalue weighted by Crippen LogP contribution is 2.19. The zero-order chi connectivity index (χ0) is 25.9. The molecule has 2 atom stereocenters. The molecular formula is C25H28N4O6S. The van der Waals surface area contributed by atoms with Gasteiger partial charge >= 0.3 is 5.97 Å². The van der Waals surface area contributed by atoms with Crippen molar-refractivity contribution in [2.24, 2.45) is 5.73 Å². The Kier molecular flexibility index (Phi) is 9.92. The SMILES string of the molecule is COCCOc1ccc(C(N)C(=O)NC(Cc2ccccc2)C(=O)Nc2nc(C(=O)OC)cs2)cc1. The van der Waals surface area contributed by atoms with Gasteiger partial charge in [0.05, 0.1) is 13.7 Å². The summed E-state index contributed by atoms with van der Waals surface area (Å²) in [6, 6.07) is 14.1. The van der Waals surface area contributed by atoms with Crippen LogP contribution < -0.4 is 21.1 Å². The Morgan fingerprint density at radius 3 is 2.39 bits per heavy atom. The number of hydrogen-bond donors (Lipinski definition) is 3. The van der Waals surface area contributed by atoms with Gasteiger partial charge in [0.2, 0.25) is 11.8 Å². The number of anilines is 1. The van der Waals surface area contributed by atoms with Crippen LogP contribution in [0.15, 0.2) is 60.0 Å². The van der Waals surface area contributed by atoms with E-state index in [2.05, 4.69) is 20.4 Å². The van der Waals surface area contributed by atoms with Crippen LogP contribution in [-0.4, -0.2) is 56.2 Å². The molecule has 2 unspecified atom stereocenters. The Bertz CT molecular complexity index is 1150. The minimum atomic E-state index is -1.00. The summed E-state index contributed by atoms with van der Waals surface area (Å²) >= 11 is 1.07. The molecule has 2 aromatic carbocycles. The second-order valence-electron chi connectivity index (χ2n) is 7.66. The first kappa shape index (κ1) is 26.8. The number of carbonyl (C=O) groups excluding carboxylic acids is 3. The van der Waals surface area contributed by atoms with E-state index in [1.807, 2.05) is 30.3 Å². The van der Waals surface area contributed by atoms with Gasteiger partial charge in [-0.25, -0.2) is 9.78 Å². The molecule has 11 heteroatoms. The van der Waals surface area contributed by atoms with E-state index in [9.17, 15) is 14.4 Å². The second-order valence-corrected chi connectivity index (χ2v) is 8.52. The van der Waals surface area contributed by atoms with Crippen molar-refractivity contribution >= 4 is 34.3 Å². The van der Waals surface area contributed by atoms with Gasteiger partial charge in [0.1, 0.15) is 24.4 Å². The van der Waals surface area contributed by atoms with Gasteiger partial charge in [-0.3, -0.25) is 9.59 Å². The summed E-state index contributed by atoms with van der Waals surface area (Å²) in [4.78, 5) is 41.8. The lowest BCUT2D eigenvalue weighted by atomic mass is 10.0. The zero-order valence-corrected chi connectivity index (χ0v) is 20.7. The molecule has 36 heavy (non-hydrogen) atoms. The van der Waals surface area contributed by atoms with Gasteiger partial charge in [0, 0.05) is 18.9 Å². The molecule has 3 rings (SSSR count). The highest BCUT2D eigenvalue weighted by molar-refractivity contribution is 7.14. The van der Waals surface area contributed by atoms with Crippen LogP contribution in [0.3, 0.4) is 0 Å². The molecular weight excluding hydrogens is 484 g/mol. The van der Waals surface area contributed by atoms with Crippen molar-refractivity contribution in [1.29, 1.82) is 0 Å². The number of nitrogens with one attached hydrogen (secondary N) is 2. The number of methoxy groups -OCH3 is 2. The maximum absolute atomic E-state index is 13.1. The van der Waals surface area contributed by atoms with Gasteiger partial charge in [-0.2, -0.15) is 0 Å². The van der Waals surface area contributed by atoms with Crippen LogP contribution in [0.2, 0.25) is 0 Å². The summed E-state index contributed by atoms with van der Waals surface area (Å²) in [7, 11) is 2.84. The van der Waals surface area contributed by atoms with E-state index in [1.165, 1.54) is 12.5 Å². The fraction of sp³-hybridized carbons (Fsp3) is 0.280. The van der Waals surface area contributed by atoms with E-state index in [1.54, 1.807) is 31.4 Å². The van der Waals surface area contributed by atoms with Crippen molar-refractivity contribution in [3.05, 3.63) is 76.8 Å². The van der Waals surface area contributed by atoms with Crippen molar-refractivity contribution in [1.82, 2.24) is 10.3 Å². The van der Waals surface area contributed by atoms with E-state index in [0.717, 1.165) is 16.9 Å². The smallest absolute Gasteiger partial charge is 0.357 e. The molecule has 10 nitrogen and oxygen atoms in total. The Labute approximate surface area is 212 Å². The van der Waals surface area contributed by atoms with E-state index in [4.69, 9.17) is 15.2 Å². The number of nitrogens with two attached hydrogens (primary N) is 1. The predicted molar refractivity (Wildman–Crippen MR) is 135 cm³/mol. The summed E-state index contributed by atoms with van der Waals surface area (Å²) in [6.45, 7) is 0.860. The van der Waals surface area contributed by atoms with Gasteiger partial charge in [-0.15, -0.1) is 11.3 Å². The number of ether oxygens (including phenoxy) is 3. The number of thiazole rings is 1. The molecule has 0 aliphatic carbocycles.